The fourth-order valence-electron chi connectivity index (χ4n) is 2.83. The van der Waals surface area contributed by atoms with Crippen LogP contribution < -0.4 is 0 Å². The first-order valence-corrected chi connectivity index (χ1v) is 7.68. The number of amides is 1. The van der Waals surface area contributed by atoms with Crippen molar-refractivity contribution in [3.05, 3.63) is 28.8 Å². The van der Waals surface area contributed by atoms with Crippen LogP contribution in [0.15, 0.2) is 18.2 Å². The van der Waals surface area contributed by atoms with Gasteiger partial charge in [-0.25, -0.2) is 4.79 Å². The summed E-state index contributed by atoms with van der Waals surface area (Å²) >= 11 is 5.78. The number of carbonyl (C=O) groups excluding carboxylic acids is 2. The van der Waals surface area contributed by atoms with Crippen LogP contribution in [0, 0.1) is 11.8 Å². The van der Waals surface area contributed by atoms with Crippen LogP contribution in [-0.2, 0) is 9.53 Å². The lowest BCUT2D eigenvalue weighted by atomic mass is 9.92. The van der Waals surface area contributed by atoms with Crippen molar-refractivity contribution in [3.63, 3.8) is 0 Å². The zero-order chi connectivity index (χ0) is 16.3. The SMILES string of the molecule is C[C@@H]1C[C@@H](C)CN(C(=O)COC(=O)c2cc(Cl)ccc2O)C1. The van der Waals surface area contributed by atoms with E-state index >= 15 is 0 Å². The molecule has 1 amide bonds. The van der Waals surface area contributed by atoms with E-state index < -0.39 is 5.97 Å². The van der Waals surface area contributed by atoms with Gasteiger partial charge in [-0.2, -0.15) is 0 Å². The summed E-state index contributed by atoms with van der Waals surface area (Å²) in [5.41, 5.74) is -0.0410. The molecule has 5 nitrogen and oxygen atoms in total. The van der Waals surface area contributed by atoms with Crippen LogP contribution in [0.4, 0.5) is 0 Å². The van der Waals surface area contributed by atoms with E-state index in [0.717, 1.165) is 6.42 Å². The van der Waals surface area contributed by atoms with E-state index in [-0.39, 0.29) is 23.8 Å². The molecule has 1 fully saturated rings. The van der Waals surface area contributed by atoms with Gasteiger partial charge in [0.2, 0.25) is 0 Å². The number of benzene rings is 1. The highest BCUT2D eigenvalue weighted by atomic mass is 35.5. The Kier molecular flexibility index (Phi) is 5.29. The Balaban J connectivity index is 1.93. The van der Waals surface area contributed by atoms with E-state index in [1.807, 2.05) is 0 Å². The Labute approximate surface area is 134 Å². The van der Waals surface area contributed by atoms with Crippen molar-refractivity contribution in [2.45, 2.75) is 20.3 Å². The maximum atomic E-state index is 12.1. The highest BCUT2D eigenvalue weighted by molar-refractivity contribution is 6.31. The number of phenols is 1. The molecule has 1 aliphatic heterocycles. The lowest BCUT2D eigenvalue weighted by Crippen LogP contribution is -2.44. The number of rotatable bonds is 3. The minimum atomic E-state index is -0.758. The summed E-state index contributed by atoms with van der Waals surface area (Å²) < 4.78 is 5.00. The molecule has 120 valence electrons. The lowest BCUT2D eigenvalue weighted by Gasteiger charge is -2.34. The number of hydrogen-bond donors (Lipinski definition) is 1. The van der Waals surface area contributed by atoms with E-state index in [4.69, 9.17) is 16.3 Å². The third kappa shape index (κ3) is 4.13. The van der Waals surface area contributed by atoms with Gasteiger partial charge in [-0.1, -0.05) is 25.4 Å². The normalized spacial score (nSPS) is 21.5. The van der Waals surface area contributed by atoms with Gasteiger partial charge >= 0.3 is 5.97 Å². The van der Waals surface area contributed by atoms with Gasteiger partial charge in [-0.15, -0.1) is 0 Å². The number of hydrogen-bond acceptors (Lipinski definition) is 4. The lowest BCUT2D eigenvalue weighted by molar-refractivity contribution is -0.137. The molecule has 0 spiro atoms. The smallest absolute Gasteiger partial charge is 0.342 e. The van der Waals surface area contributed by atoms with Gasteiger partial charge in [0.15, 0.2) is 6.61 Å². The maximum Gasteiger partial charge on any atom is 0.342 e. The maximum absolute atomic E-state index is 12.1. The standard InChI is InChI=1S/C16H20ClNO4/c1-10-5-11(2)8-18(7-10)15(20)9-22-16(21)13-6-12(17)3-4-14(13)19/h3-4,6,10-11,19H,5,7-9H2,1-2H3/t10-,11-/m1/s1. The van der Waals surface area contributed by atoms with Crippen LogP contribution in [-0.4, -0.2) is 41.6 Å². The van der Waals surface area contributed by atoms with Crippen LogP contribution in [0.25, 0.3) is 0 Å². The number of phenolic OH excluding ortho intramolecular Hbond substituents is 1. The predicted octanol–water partition coefficient (Wildman–Crippen LogP) is 2.71. The molecular formula is C16H20ClNO4. The number of likely N-dealkylation sites (tertiary alicyclic amines) is 1. The Morgan fingerprint density at radius 2 is 1.95 bits per heavy atom. The van der Waals surface area contributed by atoms with Crippen LogP contribution in [0.5, 0.6) is 5.75 Å². The first-order chi connectivity index (χ1) is 10.4. The number of aromatic hydroxyl groups is 1. The van der Waals surface area contributed by atoms with Gasteiger partial charge in [0.05, 0.1) is 0 Å². The van der Waals surface area contributed by atoms with Gasteiger partial charge in [0.1, 0.15) is 11.3 Å². The summed E-state index contributed by atoms with van der Waals surface area (Å²) in [5.74, 6) is -0.303. The number of carbonyl (C=O) groups is 2. The summed E-state index contributed by atoms with van der Waals surface area (Å²) in [5, 5.41) is 9.95. The molecule has 0 aromatic heterocycles. The number of esters is 1. The highest BCUT2D eigenvalue weighted by Crippen LogP contribution is 2.23. The van der Waals surface area contributed by atoms with E-state index in [9.17, 15) is 14.7 Å². The third-order valence-corrected chi connectivity index (χ3v) is 3.96. The Hall–Kier alpha value is -1.75. The summed E-state index contributed by atoms with van der Waals surface area (Å²) in [7, 11) is 0. The predicted molar refractivity (Wildman–Crippen MR) is 82.9 cm³/mol. The summed E-state index contributed by atoms with van der Waals surface area (Å²) in [4.78, 5) is 25.8. The molecule has 1 saturated heterocycles. The molecule has 2 atom stereocenters. The topological polar surface area (TPSA) is 66.8 Å². The van der Waals surface area contributed by atoms with Crippen molar-refractivity contribution in [1.29, 1.82) is 0 Å². The summed E-state index contributed by atoms with van der Waals surface area (Å²) in [6.07, 6.45) is 1.10. The van der Waals surface area contributed by atoms with Crippen molar-refractivity contribution < 1.29 is 19.4 Å². The fraction of sp³-hybridized carbons (Fsp3) is 0.500. The van der Waals surface area contributed by atoms with Crippen molar-refractivity contribution in [2.24, 2.45) is 11.8 Å². The van der Waals surface area contributed by atoms with Gasteiger partial charge in [-0.3, -0.25) is 4.79 Å². The molecule has 1 aromatic rings. The van der Waals surface area contributed by atoms with Gasteiger partial charge in [-0.05, 0) is 36.5 Å². The minimum absolute atomic E-state index is 0.0410. The van der Waals surface area contributed by atoms with Crippen molar-refractivity contribution in [2.75, 3.05) is 19.7 Å². The van der Waals surface area contributed by atoms with Crippen molar-refractivity contribution >= 4 is 23.5 Å². The molecule has 0 radical (unpaired) electrons. The minimum Gasteiger partial charge on any atom is -0.507 e. The largest absolute Gasteiger partial charge is 0.507 e. The van der Waals surface area contributed by atoms with Crippen molar-refractivity contribution in [1.82, 2.24) is 4.90 Å². The molecule has 0 saturated carbocycles. The number of nitrogens with zero attached hydrogens (tertiary/aromatic N) is 1. The molecule has 22 heavy (non-hydrogen) atoms. The van der Waals surface area contributed by atoms with E-state index in [2.05, 4.69) is 13.8 Å². The monoisotopic (exact) mass is 325 g/mol. The molecule has 1 aliphatic rings. The number of piperidine rings is 1. The number of ether oxygens (including phenoxy) is 1. The van der Waals surface area contributed by atoms with Crippen LogP contribution in [0.2, 0.25) is 5.02 Å². The molecule has 2 rings (SSSR count). The molecule has 6 heteroatoms. The van der Waals surface area contributed by atoms with Crippen molar-refractivity contribution in [3.8, 4) is 5.75 Å². The summed E-state index contributed by atoms with van der Waals surface area (Å²) in [6.45, 7) is 5.24. The molecule has 0 bridgehead atoms. The Bertz CT molecular complexity index is 565. The average Bonchev–Trinajstić information content (AvgIpc) is 2.45. The Morgan fingerprint density at radius 3 is 2.59 bits per heavy atom. The quantitative estimate of drug-likeness (QED) is 0.868. The van der Waals surface area contributed by atoms with E-state index in [1.54, 1.807) is 4.90 Å². The van der Waals surface area contributed by atoms with E-state index in [1.165, 1.54) is 18.2 Å². The van der Waals surface area contributed by atoms with Gasteiger partial charge in [0.25, 0.3) is 5.91 Å². The highest BCUT2D eigenvalue weighted by Gasteiger charge is 2.26. The second-order valence-corrected chi connectivity index (χ2v) is 6.42. The first-order valence-electron chi connectivity index (χ1n) is 7.30. The van der Waals surface area contributed by atoms with Crippen LogP contribution in [0.3, 0.4) is 0 Å². The fourth-order valence-corrected chi connectivity index (χ4v) is 3.01. The Morgan fingerprint density at radius 1 is 1.32 bits per heavy atom. The second kappa shape index (κ2) is 7.01. The molecule has 1 heterocycles. The molecular weight excluding hydrogens is 306 g/mol. The van der Waals surface area contributed by atoms with Crippen LogP contribution in [0.1, 0.15) is 30.6 Å². The third-order valence-electron chi connectivity index (χ3n) is 3.73. The molecule has 1 aromatic carbocycles. The first kappa shape index (κ1) is 16.6. The van der Waals surface area contributed by atoms with Crippen LogP contribution >= 0.6 is 11.6 Å². The molecule has 0 unspecified atom stereocenters. The van der Waals surface area contributed by atoms with Gasteiger partial charge < -0.3 is 14.7 Å². The number of halogens is 1. The average molecular weight is 326 g/mol. The van der Waals surface area contributed by atoms with E-state index in [0.29, 0.717) is 29.9 Å². The zero-order valence-electron chi connectivity index (χ0n) is 12.7. The summed E-state index contributed by atoms with van der Waals surface area (Å²) in [6, 6.07) is 4.10. The molecule has 1 N–H and O–H groups in total. The molecule has 0 aliphatic carbocycles. The second-order valence-electron chi connectivity index (χ2n) is 5.98. The van der Waals surface area contributed by atoms with Gasteiger partial charge in [0, 0.05) is 18.1 Å². The zero-order valence-corrected chi connectivity index (χ0v) is 13.5.